The van der Waals surface area contributed by atoms with Gasteiger partial charge in [-0.05, 0) is 29.3 Å². The second-order valence-corrected chi connectivity index (χ2v) is 8.41. The van der Waals surface area contributed by atoms with E-state index in [1.165, 1.54) is 0 Å². The lowest BCUT2D eigenvalue weighted by Gasteiger charge is -2.31. The van der Waals surface area contributed by atoms with Crippen molar-refractivity contribution in [2.24, 2.45) is 0 Å². The number of aromatic carboxylic acids is 1. The largest absolute Gasteiger partial charge is 0.477 e. The van der Waals surface area contributed by atoms with Crippen LogP contribution < -0.4 is 10.6 Å². The van der Waals surface area contributed by atoms with Gasteiger partial charge in [-0.3, -0.25) is 9.59 Å². The molecule has 0 fully saturated rings. The highest BCUT2D eigenvalue weighted by molar-refractivity contribution is 7.15. The molecule has 2 aliphatic heterocycles. The highest BCUT2D eigenvalue weighted by Crippen LogP contribution is 2.56. The van der Waals surface area contributed by atoms with Gasteiger partial charge in [-0.15, -0.1) is 11.3 Å². The number of amides is 2. The van der Waals surface area contributed by atoms with Gasteiger partial charge in [0.25, 0.3) is 0 Å². The van der Waals surface area contributed by atoms with Crippen molar-refractivity contribution in [3.8, 4) is 11.1 Å². The van der Waals surface area contributed by atoms with Gasteiger partial charge in [0.2, 0.25) is 11.8 Å². The molecule has 6 nitrogen and oxygen atoms in total. The molecule has 0 unspecified atom stereocenters. The smallest absolute Gasteiger partial charge is 0.346 e. The van der Waals surface area contributed by atoms with E-state index in [1.807, 2.05) is 6.07 Å². The number of halogens is 1. The monoisotopic (exact) mass is 424 g/mol. The maximum absolute atomic E-state index is 13.2. The lowest BCUT2D eigenvalue weighted by Crippen LogP contribution is -2.42. The van der Waals surface area contributed by atoms with Gasteiger partial charge in [-0.25, -0.2) is 4.79 Å². The molecule has 144 valence electrons. The summed E-state index contributed by atoms with van der Waals surface area (Å²) in [6.07, 6.45) is -0.118. The van der Waals surface area contributed by atoms with E-state index in [1.54, 1.807) is 42.5 Å². The number of benzene rings is 2. The number of carboxylic acid groups (broad SMARTS) is 1. The summed E-state index contributed by atoms with van der Waals surface area (Å²) in [6, 6.07) is 14.0. The molecule has 0 bridgehead atoms. The van der Waals surface area contributed by atoms with Crippen LogP contribution in [0.2, 0.25) is 5.02 Å². The first-order valence-corrected chi connectivity index (χ1v) is 9.98. The summed E-state index contributed by atoms with van der Waals surface area (Å²) in [5.74, 6) is -1.83. The van der Waals surface area contributed by atoms with Gasteiger partial charge in [0.1, 0.15) is 10.3 Å². The van der Waals surface area contributed by atoms with Gasteiger partial charge >= 0.3 is 5.97 Å². The molecule has 5 rings (SSSR count). The van der Waals surface area contributed by atoms with Crippen LogP contribution in [0, 0.1) is 0 Å². The molecule has 1 atom stereocenters. The number of hydrogen-bond acceptors (Lipinski definition) is 4. The summed E-state index contributed by atoms with van der Waals surface area (Å²) in [4.78, 5) is 38.5. The Morgan fingerprint density at radius 3 is 2.59 bits per heavy atom. The minimum atomic E-state index is -1.31. The van der Waals surface area contributed by atoms with Gasteiger partial charge in [0.15, 0.2) is 0 Å². The molecule has 0 saturated heterocycles. The molecule has 1 aromatic heterocycles. The summed E-state index contributed by atoms with van der Waals surface area (Å²) < 4.78 is 0. The van der Waals surface area contributed by atoms with E-state index in [2.05, 4.69) is 10.6 Å². The van der Waals surface area contributed by atoms with Gasteiger partial charge < -0.3 is 15.7 Å². The van der Waals surface area contributed by atoms with Crippen LogP contribution in [0.15, 0.2) is 48.5 Å². The molecular formula is C21H13ClN2O4S. The third kappa shape index (κ3) is 2.44. The highest BCUT2D eigenvalue weighted by Gasteiger charge is 2.55. The zero-order chi connectivity index (χ0) is 20.3. The number of nitrogens with one attached hydrogen (secondary N) is 2. The first-order chi connectivity index (χ1) is 13.9. The van der Waals surface area contributed by atoms with Crippen molar-refractivity contribution in [2.45, 2.75) is 11.8 Å². The normalized spacial score (nSPS) is 19.5. The third-order valence-electron chi connectivity index (χ3n) is 5.32. The van der Waals surface area contributed by atoms with E-state index >= 15 is 0 Å². The number of thiophene rings is 1. The standard InChI is InChI=1S/C21H13ClN2O4S/c22-11-6-7-13-12(8-11)21(20(28)23-13)9-14(25)24-16-15(10-4-2-1-3-5-10)17(19(26)27)29-18(16)21/h1-8H,9H2,(H,23,28)(H,24,25)(H,26,27)/t21-/m0/s1. The van der Waals surface area contributed by atoms with Gasteiger partial charge in [-0.2, -0.15) is 0 Å². The van der Waals surface area contributed by atoms with Crippen molar-refractivity contribution >= 4 is 52.1 Å². The molecule has 29 heavy (non-hydrogen) atoms. The third-order valence-corrected chi connectivity index (χ3v) is 6.89. The molecule has 8 heteroatoms. The second-order valence-electron chi connectivity index (χ2n) is 6.96. The van der Waals surface area contributed by atoms with Crippen LogP contribution in [0.25, 0.3) is 11.1 Å². The first-order valence-electron chi connectivity index (χ1n) is 8.79. The maximum Gasteiger partial charge on any atom is 0.346 e. The Bertz CT molecular complexity index is 1220. The molecule has 0 radical (unpaired) electrons. The van der Waals surface area contributed by atoms with Crippen LogP contribution in [-0.2, 0) is 15.0 Å². The van der Waals surface area contributed by atoms with Crippen LogP contribution in [0.3, 0.4) is 0 Å². The second kappa shape index (κ2) is 6.17. The van der Waals surface area contributed by atoms with Crippen molar-refractivity contribution in [3.63, 3.8) is 0 Å². The number of rotatable bonds is 2. The summed E-state index contributed by atoms with van der Waals surface area (Å²) in [6.45, 7) is 0. The SMILES string of the molecule is O=C1C[C@@]2(C(=O)Nc3ccc(Cl)cc32)c2sc(C(=O)O)c(-c3ccccc3)c2N1. The fraction of sp³-hybridized carbons (Fsp3) is 0.0952. The molecule has 3 heterocycles. The number of carbonyl (C=O) groups is 3. The summed E-state index contributed by atoms with van der Waals surface area (Å²) >= 11 is 7.21. The Balaban J connectivity index is 1.86. The number of fused-ring (bicyclic) bond motifs is 4. The highest BCUT2D eigenvalue weighted by atomic mass is 35.5. The van der Waals surface area contributed by atoms with Crippen LogP contribution in [0.1, 0.15) is 26.5 Å². The van der Waals surface area contributed by atoms with E-state index in [9.17, 15) is 19.5 Å². The predicted octanol–water partition coefficient (Wildman–Crippen LogP) is 4.35. The van der Waals surface area contributed by atoms with Gasteiger partial charge in [0, 0.05) is 16.3 Å². The zero-order valence-electron chi connectivity index (χ0n) is 14.8. The van der Waals surface area contributed by atoms with E-state index in [0.717, 1.165) is 11.3 Å². The molecule has 1 spiro atoms. The summed E-state index contributed by atoms with van der Waals surface area (Å²) in [5.41, 5.74) is 1.30. The minimum absolute atomic E-state index is 0.0750. The Morgan fingerprint density at radius 2 is 1.86 bits per heavy atom. The number of anilines is 2. The van der Waals surface area contributed by atoms with Crippen LogP contribution in [-0.4, -0.2) is 22.9 Å². The topological polar surface area (TPSA) is 95.5 Å². The lowest BCUT2D eigenvalue weighted by molar-refractivity contribution is -0.125. The Labute approximate surface area is 174 Å². The summed E-state index contributed by atoms with van der Waals surface area (Å²) in [5, 5.41) is 15.9. The van der Waals surface area contributed by atoms with Crippen molar-refractivity contribution in [3.05, 3.63) is 68.9 Å². The van der Waals surface area contributed by atoms with E-state index in [0.29, 0.717) is 38.0 Å². The Hall–Kier alpha value is -3.16. The quantitative estimate of drug-likeness (QED) is 0.570. The zero-order valence-corrected chi connectivity index (χ0v) is 16.4. The predicted molar refractivity (Wildman–Crippen MR) is 111 cm³/mol. The van der Waals surface area contributed by atoms with Crippen LogP contribution >= 0.6 is 22.9 Å². The number of carboxylic acids is 1. The number of hydrogen-bond donors (Lipinski definition) is 3. The van der Waals surface area contributed by atoms with Gasteiger partial charge in [-0.1, -0.05) is 41.9 Å². The van der Waals surface area contributed by atoms with E-state index in [-0.39, 0.29) is 23.1 Å². The molecule has 2 amide bonds. The molecule has 3 N–H and O–H groups in total. The summed E-state index contributed by atoms with van der Waals surface area (Å²) in [7, 11) is 0. The molecule has 0 aliphatic carbocycles. The van der Waals surface area contributed by atoms with E-state index in [4.69, 9.17) is 11.6 Å². The van der Waals surface area contributed by atoms with Crippen molar-refractivity contribution in [1.29, 1.82) is 0 Å². The van der Waals surface area contributed by atoms with Crippen molar-refractivity contribution in [1.82, 2.24) is 0 Å². The van der Waals surface area contributed by atoms with Crippen LogP contribution in [0.4, 0.5) is 11.4 Å². The van der Waals surface area contributed by atoms with Crippen molar-refractivity contribution in [2.75, 3.05) is 10.6 Å². The van der Waals surface area contributed by atoms with Crippen molar-refractivity contribution < 1.29 is 19.5 Å². The molecular weight excluding hydrogens is 412 g/mol. The molecule has 2 aromatic carbocycles. The van der Waals surface area contributed by atoms with E-state index < -0.39 is 11.4 Å². The Kier molecular flexibility index (Phi) is 3.81. The first kappa shape index (κ1) is 17.9. The molecule has 3 aromatic rings. The fourth-order valence-corrected chi connectivity index (χ4v) is 5.61. The maximum atomic E-state index is 13.2. The fourth-order valence-electron chi connectivity index (χ4n) is 4.12. The average molecular weight is 425 g/mol. The van der Waals surface area contributed by atoms with Gasteiger partial charge in [0.05, 0.1) is 17.0 Å². The molecule has 0 saturated carbocycles. The van der Waals surface area contributed by atoms with Crippen LogP contribution in [0.5, 0.6) is 0 Å². The molecule has 2 aliphatic rings. The Morgan fingerprint density at radius 1 is 1.10 bits per heavy atom. The minimum Gasteiger partial charge on any atom is -0.477 e. The lowest BCUT2D eigenvalue weighted by atomic mass is 9.74. The number of carbonyl (C=O) groups excluding carboxylic acids is 2. The average Bonchev–Trinajstić information content (AvgIpc) is 3.20.